The lowest BCUT2D eigenvalue weighted by Crippen LogP contribution is -2.19. The SMILES string of the molecule is O=C(Nc1ncnc2c1N=C[N]2)OC(c1ccccc1)c1ccccc1. The predicted octanol–water partition coefficient (Wildman–Crippen LogP) is 3.72. The number of benzene rings is 2. The van der Waals surface area contributed by atoms with E-state index in [0.717, 1.165) is 11.1 Å². The summed E-state index contributed by atoms with van der Waals surface area (Å²) >= 11 is 0. The summed E-state index contributed by atoms with van der Waals surface area (Å²) in [5, 5.41) is 6.61. The summed E-state index contributed by atoms with van der Waals surface area (Å²) in [6, 6.07) is 19.1. The topological polar surface area (TPSA) is 90.6 Å². The van der Waals surface area contributed by atoms with Crippen molar-refractivity contribution in [3.8, 4) is 0 Å². The minimum absolute atomic E-state index is 0.261. The van der Waals surface area contributed by atoms with Gasteiger partial charge in [0.2, 0.25) is 0 Å². The van der Waals surface area contributed by atoms with Crippen LogP contribution in [0, 0.1) is 0 Å². The number of aliphatic imine (C=N–C) groups is 1. The highest BCUT2D eigenvalue weighted by Gasteiger charge is 2.22. The molecule has 0 saturated carbocycles. The van der Waals surface area contributed by atoms with Crippen LogP contribution in [0.5, 0.6) is 0 Å². The number of nitrogens with zero attached hydrogens (tertiary/aromatic N) is 4. The van der Waals surface area contributed by atoms with Crippen molar-refractivity contribution in [2.45, 2.75) is 6.10 Å². The molecule has 0 atom stereocenters. The molecule has 1 aliphatic rings. The second kappa shape index (κ2) is 7.02. The molecule has 0 bridgehead atoms. The fourth-order valence-corrected chi connectivity index (χ4v) is 2.63. The molecule has 26 heavy (non-hydrogen) atoms. The van der Waals surface area contributed by atoms with Gasteiger partial charge in [-0.05, 0) is 11.1 Å². The highest BCUT2D eigenvalue weighted by molar-refractivity contribution is 5.93. The van der Waals surface area contributed by atoms with Crippen molar-refractivity contribution >= 4 is 29.8 Å². The molecular formula is C19H14N5O2. The van der Waals surface area contributed by atoms with E-state index in [1.807, 2.05) is 60.7 Å². The minimum Gasteiger partial charge on any atom is -0.436 e. The van der Waals surface area contributed by atoms with Crippen LogP contribution in [0.2, 0.25) is 0 Å². The lowest BCUT2D eigenvalue weighted by atomic mass is 10.0. The van der Waals surface area contributed by atoms with Crippen molar-refractivity contribution in [3.63, 3.8) is 0 Å². The van der Waals surface area contributed by atoms with Crippen LogP contribution < -0.4 is 10.6 Å². The first kappa shape index (κ1) is 15.8. The van der Waals surface area contributed by atoms with E-state index in [1.54, 1.807) is 0 Å². The lowest BCUT2D eigenvalue weighted by molar-refractivity contribution is 0.131. The molecular weight excluding hydrogens is 330 g/mol. The van der Waals surface area contributed by atoms with Crippen molar-refractivity contribution < 1.29 is 9.53 Å². The molecule has 127 valence electrons. The number of anilines is 1. The van der Waals surface area contributed by atoms with Crippen LogP contribution in [0.1, 0.15) is 17.2 Å². The van der Waals surface area contributed by atoms with E-state index in [1.165, 1.54) is 12.7 Å². The third-order valence-electron chi connectivity index (χ3n) is 3.82. The molecule has 3 aromatic rings. The lowest BCUT2D eigenvalue weighted by Gasteiger charge is -2.19. The number of rotatable bonds is 4. The van der Waals surface area contributed by atoms with Gasteiger partial charge in [0.15, 0.2) is 23.4 Å². The Hall–Kier alpha value is -3.74. The van der Waals surface area contributed by atoms with Gasteiger partial charge in [-0.15, -0.1) is 0 Å². The van der Waals surface area contributed by atoms with Gasteiger partial charge in [0.05, 0.1) is 0 Å². The van der Waals surface area contributed by atoms with E-state index in [-0.39, 0.29) is 5.82 Å². The smallest absolute Gasteiger partial charge is 0.413 e. The molecule has 0 aliphatic carbocycles. The first-order chi connectivity index (χ1) is 12.8. The maximum absolute atomic E-state index is 12.5. The summed E-state index contributed by atoms with van der Waals surface area (Å²) in [6.45, 7) is 0. The van der Waals surface area contributed by atoms with Crippen molar-refractivity contribution in [2.24, 2.45) is 4.99 Å². The van der Waals surface area contributed by atoms with E-state index in [4.69, 9.17) is 4.74 Å². The molecule has 1 radical (unpaired) electrons. The van der Waals surface area contributed by atoms with Crippen LogP contribution in [0.15, 0.2) is 72.0 Å². The number of ether oxygens (including phenoxy) is 1. The molecule has 0 unspecified atom stereocenters. The number of hydrogen-bond donors (Lipinski definition) is 1. The number of aromatic nitrogens is 2. The maximum Gasteiger partial charge on any atom is 0.413 e. The van der Waals surface area contributed by atoms with Gasteiger partial charge in [-0.1, -0.05) is 60.7 Å². The molecule has 0 saturated heterocycles. The third kappa shape index (κ3) is 3.23. The van der Waals surface area contributed by atoms with E-state index < -0.39 is 12.2 Å². The van der Waals surface area contributed by atoms with Gasteiger partial charge in [0.25, 0.3) is 0 Å². The zero-order chi connectivity index (χ0) is 17.8. The largest absolute Gasteiger partial charge is 0.436 e. The van der Waals surface area contributed by atoms with E-state index in [2.05, 4.69) is 25.6 Å². The molecule has 1 aromatic heterocycles. The summed E-state index contributed by atoms with van der Waals surface area (Å²) in [5.41, 5.74) is 2.16. The van der Waals surface area contributed by atoms with Crippen molar-refractivity contribution in [1.29, 1.82) is 0 Å². The summed E-state index contributed by atoms with van der Waals surface area (Å²) in [7, 11) is 0. The second-order valence-electron chi connectivity index (χ2n) is 5.50. The quantitative estimate of drug-likeness (QED) is 0.781. The van der Waals surface area contributed by atoms with Crippen LogP contribution in [0.4, 0.5) is 22.1 Å². The van der Waals surface area contributed by atoms with Crippen molar-refractivity contribution in [2.75, 3.05) is 5.32 Å². The Kier molecular flexibility index (Phi) is 4.26. The molecule has 1 aliphatic heterocycles. The summed E-state index contributed by atoms with van der Waals surface area (Å²) in [4.78, 5) is 24.6. The number of carbonyl (C=O) groups is 1. The molecule has 0 fully saturated rings. The Balaban J connectivity index is 1.57. The molecule has 1 N–H and O–H groups in total. The van der Waals surface area contributed by atoms with Crippen LogP contribution in [-0.4, -0.2) is 22.4 Å². The first-order valence-electron chi connectivity index (χ1n) is 7.97. The van der Waals surface area contributed by atoms with Crippen LogP contribution in [-0.2, 0) is 4.74 Å². The minimum atomic E-state index is -0.634. The highest BCUT2D eigenvalue weighted by Crippen LogP contribution is 2.33. The van der Waals surface area contributed by atoms with Crippen LogP contribution >= 0.6 is 0 Å². The Morgan fingerprint density at radius 3 is 2.23 bits per heavy atom. The number of nitrogens with one attached hydrogen (secondary N) is 1. The van der Waals surface area contributed by atoms with E-state index >= 15 is 0 Å². The number of carbonyl (C=O) groups excluding carboxylic acids is 1. The van der Waals surface area contributed by atoms with Gasteiger partial charge in [0, 0.05) is 0 Å². The van der Waals surface area contributed by atoms with Crippen molar-refractivity contribution in [1.82, 2.24) is 15.3 Å². The highest BCUT2D eigenvalue weighted by atomic mass is 16.6. The third-order valence-corrected chi connectivity index (χ3v) is 3.82. The summed E-state index contributed by atoms with van der Waals surface area (Å²) < 4.78 is 5.69. The Bertz CT molecular complexity index is 905. The molecule has 7 heteroatoms. The predicted molar refractivity (Wildman–Crippen MR) is 96.8 cm³/mol. The van der Waals surface area contributed by atoms with Gasteiger partial charge in [0.1, 0.15) is 12.7 Å². The monoisotopic (exact) mass is 344 g/mol. The molecule has 2 aromatic carbocycles. The van der Waals surface area contributed by atoms with Gasteiger partial charge < -0.3 is 4.74 Å². The average Bonchev–Trinajstić information content (AvgIpc) is 3.17. The standard InChI is InChI=1S/C19H14N5O2/c25-19(24-18-15-17(21-11-20-15)22-12-23-18)26-16(13-7-3-1-4-8-13)14-9-5-2-6-10-14/h1-12,16H,(H,22,23,24,25). The van der Waals surface area contributed by atoms with Gasteiger partial charge in [-0.2, -0.15) is 0 Å². The first-order valence-corrected chi connectivity index (χ1v) is 7.97. The zero-order valence-electron chi connectivity index (χ0n) is 13.6. The van der Waals surface area contributed by atoms with E-state index in [9.17, 15) is 4.79 Å². The molecule has 4 rings (SSSR count). The van der Waals surface area contributed by atoms with Crippen molar-refractivity contribution in [3.05, 3.63) is 78.1 Å². The fourth-order valence-electron chi connectivity index (χ4n) is 2.63. The van der Waals surface area contributed by atoms with Crippen LogP contribution in [0.3, 0.4) is 0 Å². The van der Waals surface area contributed by atoms with E-state index in [0.29, 0.717) is 11.5 Å². The van der Waals surface area contributed by atoms with Gasteiger partial charge >= 0.3 is 6.09 Å². The number of hydrogen-bond acceptors (Lipinski definition) is 5. The molecule has 2 heterocycles. The zero-order valence-corrected chi connectivity index (χ0v) is 13.6. The van der Waals surface area contributed by atoms with Gasteiger partial charge in [-0.25, -0.2) is 25.1 Å². The summed E-state index contributed by atoms with van der Waals surface area (Å²) in [6.07, 6.45) is 1.51. The molecule has 0 spiro atoms. The Morgan fingerprint density at radius 2 is 1.58 bits per heavy atom. The number of fused-ring (bicyclic) bond motifs is 1. The normalized spacial score (nSPS) is 11.7. The average molecular weight is 344 g/mol. The maximum atomic E-state index is 12.5. The Morgan fingerprint density at radius 1 is 0.923 bits per heavy atom. The van der Waals surface area contributed by atoms with Crippen LogP contribution in [0.25, 0.3) is 0 Å². The van der Waals surface area contributed by atoms with Gasteiger partial charge in [-0.3, -0.25) is 5.32 Å². The summed E-state index contributed by atoms with van der Waals surface area (Å²) in [5.74, 6) is 0.676. The fraction of sp³-hybridized carbons (Fsp3) is 0.0526. The molecule has 7 nitrogen and oxygen atoms in total. The second-order valence-corrected chi connectivity index (χ2v) is 5.50. The number of amides is 1. The Labute approximate surface area is 149 Å². The molecule has 1 amide bonds.